The Bertz CT molecular complexity index is 786. The van der Waals surface area contributed by atoms with Crippen molar-refractivity contribution in [1.82, 2.24) is 4.90 Å². The van der Waals surface area contributed by atoms with E-state index in [9.17, 15) is 5.11 Å². The molecule has 4 aliphatic rings. The van der Waals surface area contributed by atoms with E-state index in [0.717, 1.165) is 54.4 Å². The van der Waals surface area contributed by atoms with Crippen molar-refractivity contribution in [2.24, 2.45) is 5.92 Å². The summed E-state index contributed by atoms with van der Waals surface area (Å²) in [5, 5.41) is 12.1. The first-order chi connectivity index (χ1) is 12.4. The molecule has 5 rings (SSSR count). The number of rotatable bonds is 4. The van der Waals surface area contributed by atoms with Crippen molar-refractivity contribution < 1.29 is 14.6 Å². The van der Waals surface area contributed by atoms with Gasteiger partial charge in [-0.1, -0.05) is 12.6 Å². The molecule has 0 aromatic heterocycles. The van der Waals surface area contributed by atoms with Crippen molar-refractivity contribution in [3.05, 3.63) is 35.4 Å². The zero-order valence-corrected chi connectivity index (χ0v) is 16.0. The third-order valence-electron chi connectivity index (χ3n) is 7.54. The highest BCUT2D eigenvalue weighted by atomic mass is 16.5. The van der Waals surface area contributed by atoms with Crippen LogP contribution in [0.4, 0.5) is 0 Å². The Hall–Kier alpha value is -1.52. The van der Waals surface area contributed by atoms with E-state index in [4.69, 9.17) is 9.47 Å². The Kier molecular flexibility index (Phi) is 3.37. The highest BCUT2D eigenvalue weighted by Gasteiger charge is 2.67. The summed E-state index contributed by atoms with van der Waals surface area (Å²) in [6, 6.07) is 4.29. The standard InChI is InChI=1S/C22H29NO3/c1-13-9-10-22(24)17(23(3)12-14-5-6-14)11-15-7-8-16(25-4)19-18(15)21(22,2)20(13)26-19/h7-8,14,17,20,24H,1,5-6,9-12H2,2-4H3/t17?,20-,21-,22?/m0/s1. The van der Waals surface area contributed by atoms with Gasteiger partial charge in [0.1, 0.15) is 6.10 Å². The molecule has 3 aliphatic carbocycles. The molecule has 1 aromatic carbocycles. The maximum Gasteiger partial charge on any atom is 0.166 e. The van der Waals surface area contributed by atoms with Crippen molar-refractivity contribution in [3.8, 4) is 11.5 Å². The summed E-state index contributed by atoms with van der Waals surface area (Å²) in [6.07, 6.45) is 4.90. The van der Waals surface area contributed by atoms with Crippen LogP contribution in [-0.4, -0.2) is 48.5 Å². The molecule has 2 fully saturated rings. The van der Waals surface area contributed by atoms with E-state index < -0.39 is 11.0 Å². The lowest BCUT2D eigenvalue weighted by Crippen LogP contribution is -2.70. The predicted octanol–water partition coefficient (Wildman–Crippen LogP) is 3.06. The average Bonchev–Trinajstić information content (AvgIpc) is 3.36. The van der Waals surface area contributed by atoms with E-state index in [1.54, 1.807) is 7.11 Å². The minimum Gasteiger partial charge on any atom is -0.493 e. The summed E-state index contributed by atoms with van der Waals surface area (Å²) in [5.74, 6) is 2.39. The fraction of sp³-hybridized carbons (Fsp3) is 0.636. The molecule has 2 saturated carbocycles. The van der Waals surface area contributed by atoms with E-state index in [1.807, 2.05) is 6.07 Å². The summed E-state index contributed by atoms with van der Waals surface area (Å²) < 4.78 is 12.0. The van der Waals surface area contributed by atoms with Gasteiger partial charge in [0.25, 0.3) is 0 Å². The van der Waals surface area contributed by atoms with Gasteiger partial charge in [0.15, 0.2) is 11.5 Å². The third-order valence-corrected chi connectivity index (χ3v) is 7.54. The summed E-state index contributed by atoms with van der Waals surface area (Å²) in [6.45, 7) is 7.56. The zero-order chi connectivity index (χ0) is 18.3. The number of hydrogen-bond acceptors (Lipinski definition) is 4. The van der Waals surface area contributed by atoms with Crippen LogP contribution in [0.2, 0.25) is 0 Å². The Morgan fingerprint density at radius 3 is 2.85 bits per heavy atom. The molecule has 26 heavy (non-hydrogen) atoms. The second-order valence-electron chi connectivity index (χ2n) is 9.02. The van der Waals surface area contributed by atoms with E-state index >= 15 is 0 Å². The first-order valence-electron chi connectivity index (χ1n) is 9.87. The monoisotopic (exact) mass is 355 g/mol. The Morgan fingerprint density at radius 2 is 2.15 bits per heavy atom. The average molecular weight is 355 g/mol. The Labute approximate surface area is 155 Å². The van der Waals surface area contributed by atoms with Gasteiger partial charge in [-0.05, 0) is 69.2 Å². The van der Waals surface area contributed by atoms with Gasteiger partial charge in [0, 0.05) is 18.2 Å². The van der Waals surface area contributed by atoms with Crippen LogP contribution in [0.15, 0.2) is 24.3 Å². The number of hydrogen-bond donors (Lipinski definition) is 1. The minimum atomic E-state index is -0.812. The molecule has 0 saturated heterocycles. The first kappa shape index (κ1) is 16.6. The van der Waals surface area contributed by atoms with Gasteiger partial charge in [-0.15, -0.1) is 0 Å². The van der Waals surface area contributed by atoms with E-state index in [1.165, 1.54) is 18.4 Å². The molecule has 0 radical (unpaired) electrons. The van der Waals surface area contributed by atoms with Crippen LogP contribution in [0.5, 0.6) is 11.5 Å². The minimum absolute atomic E-state index is 0.110. The number of nitrogens with zero attached hydrogens (tertiary/aromatic N) is 1. The van der Waals surface area contributed by atoms with E-state index in [2.05, 4.69) is 31.5 Å². The summed E-state index contributed by atoms with van der Waals surface area (Å²) in [5.41, 5.74) is 2.25. The van der Waals surface area contributed by atoms with Gasteiger partial charge in [0.2, 0.25) is 0 Å². The molecule has 4 heteroatoms. The molecule has 4 nitrogen and oxygen atoms in total. The molecule has 1 aromatic rings. The van der Waals surface area contributed by atoms with Crippen LogP contribution in [0.1, 0.15) is 43.7 Å². The maximum absolute atomic E-state index is 12.1. The Balaban J connectivity index is 1.68. The van der Waals surface area contributed by atoms with Crippen LogP contribution in [0.25, 0.3) is 0 Å². The fourth-order valence-electron chi connectivity index (χ4n) is 5.91. The molecular formula is C22H29NO3. The van der Waals surface area contributed by atoms with Crippen molar-refractivity contribution in [2.45, 2.75) is 62.2 Å². The molecule has 0 bridgehead atoms. The van der Waals surface area contributed by atoms with Crippen LogP contribution in [0.3, 0.4) is 0 Å². The molecule has 2 unspecified atom stereocenters. The smallest absolute Gasteiger partial charge is 0.166 e. The van der Waals surface area contributed by atoms with E-state index in [0.29, 0.717) is 0 Å². The summed E-state index contributed by atoms with van der Waals surface area (Å²) in [4.78, 5) is 2.42. The SMILES string of the molecule is C=C1CCC2(O)C(N(C)CC3CC3)Cc3ccc(OC)c4c3[C@@]2(C)[C@H]1O4. The molecule has 140 valence electrons. The highest BCUT2D eigenvalue weighted by molar-refractivity contribution is 5.63. The van der Waals surface area contributed by atoms with Crippen LogP contribution in [0, 0.1) is 5.92 Å². The van der Waals surface area contributed by atoms with Crippen LogP contribution < -0.4 is 9.47 Å². The van der Waals surface area contributed by atoms with Crippen molar-refractivity contribution in [3.63, 3.8) is 0 Å². The second-order valence-corrected chi connectivity index (χ2v) is 9.02. The van der Waals surface area contributed by atoms with Crippen LogP contribution >= 0.6 is 0 Å². The summed E-state index contributed by atoms with van der Waals surface area (Å²) >= 11 is 0. The number of likely N-dealkylation sites (N-methyl/N-ethyl adjacent to an activating group) is 1. The largest absolute Gasteiger partial charge is 0.493 e. The van der Waals surface area contributed by atoms with Gasteiger partial charge in [-0.2, -0.15) is 0 Å². The molecule has 1 heterocycles. The third kappa shape index (κ3) is 1.92. The lowest BCUT2D eigenvalue weighted by atomic mass is 9.52. The van der Waals surface area contributed by atoms with Gasteiger partial charge in [-0.25, -0.2) is 0 Å². The molecule has 1 aliphatic heterocycles. The predicted molar refractivity (Wildman–Crippen MR) is 101 cm³/mol. The van der Waals surface area contributed by atoms with Crippen LogP contribution in [-0.2, 0) is 11.8 Å². The molecule has 1 N–H and O–H groups in total. The van der Waals surface area contributed by atoms with Gasteiger partial charge >= 0.3 is 0 Å². The van der Waals surface area contributed by atoms with Gasteiger partial charge in [-0.3, -0.25) is 4.90 Å². The van der Waals surface area contributed by atoms with Crippen molar-refractivity contribution in [2.75, 3.05) is 20.7 Å². The summed E-state index contributed by atoms with van der Waals surface area (Å²) in [7, 11) is 3.87. The number of benzene rings is 1. The quantitative estimate of drug-likeness (QED) is 0.843. The first-order valence-corrected chi connectivity index (χ1v) is 9.87. The second kappa shape index (κ2) is 5.26. The molecule has 4 atom stereocenters. The maximum atomic E-state index is 12.1. The molecular weight excluding hydrogens is 326 g/mol. The highest BCUT2D eigenvalue weighted by Crippen LogP contribution is 2.63. The number of methoxy groups -OCH3 is 1. The number of ether oxygens (including phenoxy) is 2. The van der Waals surface area contributed by atoms with Crippen molar-refractivity contribution >= 4 is 0 Å². The molecule has 0 amide bonds. The number of aliphatic hydroxyl groups is 1. The van der Waals surface area contributed by atoms with Gasteiger partial charge < -0.3 is 14.6 Å². The normalized spacial score (nSPS) is 37.5. The topological polar surface area (TPSA) is 41.9 Å². The fourth-order valence-corrected chi connectivity index (χ4v) is 5.91. The lowest BCUT2D eigenvalue weighted by Gasteiger charge is -2.58. The van der Waals surface area contributed by atoms with Crippen molar-refractivity contribution in [1.29, 1.82) is 0 Å². The lowest BCUT2D eigenvalue weighted by molar-refractivity contribution is -0.135. The Morgan fingerprint density at radius 1 is 1.38 bits per heavy atom. The van der Waals surface area contributed by atoms with Gasteiger partial charge in [0.05, 0.1) is 18.1 Å². The van der Waals surface area contributed by atoms with E-state index in [-0.39, 0.29) is 12.1 Å². The zero-order valence-electron chi connectivity index (χ0n) is 16.0. The molecule has 0 spiro atoms.